The maximum atomic E-state index is 13.3. The average Bonchev–Trinajstić information content (AvgIpc) is 3.34. The number of ether oxygens (including phenoxy) is 2. The fourth-order valence-electron chi connectivity index (χ4n) is 7.90. The molecular weight excluding hydrogens is 638 g/mol. The van der Waals surface area contributed by atoms with Crippen molar-refractivity contribution in [2.75, 3.05) is 13.2 Å². The zero-order valence-electron chi connectivity index (χ0n) is 27.2. The van der Waals surface area contributed by atoms with Crippen LogP contribution in [0.15, 0.2) is 127 Å². The van der Waals surface area contributed by atoms with Gasteiger partial charge in [-0.05, 0) is 87.0 Å². The van der Waals surface area contributed by atoms with E-state index in [4.69, 9.17) is 0 Å². The monoisotopic (exact) mass is 674 g/mol. The van der Waals surface area contributed by atoms with Crippen LogP contribution in [0.1, 0.15) is 66.5 Å². The van der Waals surface area contributed by atoms with Crippen molar-refractivity contribution in [1.29, 1.82) is 0 Å². The average molecular weight is 675 g/mol. The number of alkyl halides is 6. The van der Waals surface area contributed by atoms with Crippen molar-refractivity contribution >= 4 is 5.57 Å². The zero-order valence-corrected chi connectivity index (χ0v) is 27.2. The first kappa shape index (κ1) is 34.5. The van der Waals surface area contributed by atoms with E-state index in [1.54, 1.807) is 0 Å². The third-order valence-electron chi connectivity index (χ3n) is 9.65. The third-order valence-corrected chi connectivity index (χ3v) is 9.65. The molecule has 7 rings (SSSR count). The fraction of sp³-hybridized carbons (Fsp3) is 0.268. The van der Waals surface area contributed by atoms with E-state index in [1.807, 2.05) is 98.8 Å². The molecule has 254 valence electrons. The van der Waals surface area contributed by atoms with Gasteiger partial charge in [-0.15, -0.1) is 26.3 Å². The van der Waals surface area contributed by atoms with Crippen LogP contribution < -0.4 is 0 Å². The molecule has 4 aromatic rings. The highest BCUT2D eigenvalue weighted by Gasteiger charge is 2.51. The molecule has 4 aromatic carbocycles. The Morgan fingerprint density at radius 1 is 0.612 bits per heavy atom. The van der Waals surface area contributed by atoms with Crippen molar-refractivity contribution < 1.29 is 35.8 Å². The number of hydrogen-bond donors (Lipinski definition) is 0. The topological polar surface area (TPSA) is 18.5 Å². The first-order valence-corrected chi connectivity index (χ1v) is 16.4. The van der Waals surface area contributed by atoms with E-state index in [2.05, 4.69) is 45.9 Å². The van der Waals surface area contributed by atoms with Gasteiger partial charge in [-0.2, -0.15) is 0 Å². The quantitative estimate of drug-likeness (QED) is 0.153. The van der Waals surface area contributed by atoms with Gasteiger partial charge in [-0.3, -0.25) is 9.47 Å². The molecule has 0 heterocycles. The lowest BCUT2D eigenvalue weighted by molar-refractivity contribution is -0.327. The van der Waals surface area contributed by atoms with E-state index < -0.39 is 36.8 Å². The van der Waals surface area contributed by atoms with Crippen LogP contribution in [0.2, 0.25) is 0 Å². The summed E-state index contributed by atoms with van der Waals surface area (Å²) < 4.78 is 88.2. The Hall–Kier alpha value is -4.40. The third kappa shape index (κ3) is 6.17. The lowest BCUT2D eigenvalue weighted by Crippen LogP contribution is -2.32. The largest absolute Gasteiger partial charge is 0.522 e. The molecule has 2 nitrogen and oxygen atoms in total. The standard InChI is InChI=1S/C39H30F6O2.C2H6/c40-38(41,42)46-22-20-36(21-23-47-39(43,44)45)32-18-9-3-8-16-28(32)30-25-35-31(24-34(30)36)29-17-10-11-19-33(29)37(35,26-12-4-1-5-13-26)27-14-6-2-7-15-27;1-2/h1-7,9-19,24-25H,8,20-23H2;1-2H3. The van der Waals surface area contributed by atoms with Crippen LogP contribution in [0.3, 0.4) is 0 Å². The molecule has 0 saturated carbocycles. The van der Waals surface area contributed by atoms with Crippen molar-refractivity contribution in [3.05, 3.63) is 160 Å². The maximum Gasteiger partial charge on any atom is 0.522 e. The number of allylic oxidation sites excluding steroid dienone is 6. The highest BCUT2D eigenvalue weighted by atomic mass is 19.4. The van der Waals surface area contributed by atoms with Crippen LogP contribution in [0.4, 0.5) is 26.3 Å². The summed E-state index contributed by atoms with van der Waals surface area (Å²) in [5, 5.41) is 0. The Balaban J connectivity index is 0.00000205. The van der Waals surface area contributed by atoms with E-state index in [1.165, 1.54) is 0 Å². The molecule has 3 aliphatic rings. The Labute approximate surface area is 282 Å². The summed E-state index contributed by atoms with van der Waals surface area (Å²) >= 11 is 0. The molecule has 8 heteroatoms. The first-order valence-electron chi connectivity index (χ1n) is 16.4. The lowest BCUT2D eigenvalue weighted by Gasteiger charge is -2.35. The molecular formula is C41H36F6O2. The molecule has 0 saturated heterocycles. The predicted molar refractivity (Wildman–Crippen MR) is 180 cm³/mol. The normalized spacial score (nSPS) is 16.7. The SMILES string of the molecule is CC.FC(F)(F)OCCC1(CCOC(F)(F)F)C2=CC=CCC=C2c2cc3c(cc21)-c1ccccc1C3(c1ccccc1)c1ccccc1. The van der Waals surface area contributed by atoms with Gasteiger partial charge in [0.1, 0.15) is 0 Å². The van der Waals surface area contributed by atoms with E-state index in [-0.39, 0.29) is 12.8 Å². The summed E-state index contributed by atoms with van der Waals surface area (Å²) in [6.07, 6.45) is -2.04. The Kier molecular flexibility index (Phi) is 9.48. The van der Waals surface area contributed by atoms with E-state index in [0.29, 0.717) is 17.6 Å². The molecule has 49 heavy (non-hydrogen) atoms. The second-order valence-corrected chi connectivity index (χ2v) is 12.0. The number of halogens is 6. The van der Waals surface area contributed by atoms with E-state index in [9.17, 15) is 26.3 Å². The van der Waals surface area contributed by atoms with Gasteiger partial charge in [-0.25, -0.2) is 0 Å². The molecule has 0 unspecified atom stereocenters. The number of fused-ring (bicyclic) bond motifs is 6. The summed E-state index contributed by atoms with van der Waals surface area (Å²) in [5.74, 6) is 0. The highest BCUT2D eigenvalue weighted by Crippen LogP contribution is 2.61. The van der Waals surface area contributed by atoms with Gasteiger partial charge in [0.25, 0.3) is 0 Å². The van der Waals surface area contributed by atoms with Crippen molar-refractivity contribution in [3.63, 3.8) is 0 Å². The van der Waals surface area contributed by atoms with E-state index >= 15 is 0 Å². The lowest BCUT2D eigenvalue weighted by atomic mass is 9.67. The maximum absolute atomic E-state index is 13.3. The van der Waals surface area contributed by atoms with Crippen LogP contribution in [0.25, 0.3) is 16.7 Å². The summed E-state index contributed by atoms with van der Waals surface area (Å²) in [4.78, 5) is 0. The minimum absolute atomic E-state index is 0.194. The van der Waals surface area contributed by atoms with Crippen molar-refractivity contribution in [3.8, 4) is 11.1 Å². The molecule has 0 amide bonds. The highest BCUT2D eigenvalue weighted by molar-refractivity contribution is 5.96. The van der Waals surface area contributed by atoms with Gasteiger partial charge in [0.15, 0.2) is 0 Å². The second kappa shape index (κ2) is 13.5. The zero-order chi connectivity index (χ0) is 34.9. The van der Waals surface area contributed by atoms with Crippen LogP contribution in [0, 0.1) is 0 Å². The van der Waals surface area contributed by atoms with Gasteiger partial charge in [-0.1, -0.05) is 123 Å². The number of rotatable bonds is 8. The van der Waals surface area contributed by atoms with Crippen molar-refractivity contribution in [1.82, 2.24) is 0 Å². The van der Waals surface area contributed by atoms with Gasteiger partial charge in [0.2, 0.25) is 0 Å². The van der Waals surface area contributed by atoms with Gasteiger partial charge in [0.05, 0.1) is 18.6 Å². The van der Waals surface area contributed by atoms with Crippen molar-refractivity contribution in [2.24, 2.45) is 0 Å². The molecule has 0 bridgehead atoms. The Bertz CT molecular complexity index is 1830. The Morgan fingerprint density at radius 2 is 1.14 bits per heavy atom. The van der Waals surface area contributed by atoms with Gasteiger partial charge in [0, 0.05) is 5.41 Å². The number of benzene rings is 4. The van der Waals surface area contributed by atoms with Crippen LogP contribution in [-0.4, -0.2) is 25.9 Å². The smallest absolute Gasteiger partial charge is 0.292 e. The van der Waals surface area contributed by atoms with Crippen LogP contribution in [-0.2, 0) is 20.3 Å². The Morgan fingerprint density at radius 3 is 1.71 bits per heavy atom. The molecule has 0 spiro atoms. The predicted octanol–water partition coefficient (Wildman–Crippen LogP) is 11.4. The van der Waals surface area contributed by atoms with Gasteiger partial charge < -0.3 is 0 Å². The second-order valence-electron chi connectivity index (χ2n) is 12.0. The number of hydrogen-bond acceptors (Lipinski definition) is 2. The molecule has 0 aromatic heterocycles. The van der Waals surface area contributed by atoms with Crippen LogP contribution >= 0.6 is 0 Å². The van der Waals surface area contributed by atoms with Gasteiger partial charge >= 0.3 is 12.7 Å². The van der Waals surface area contributed by atoms with Crippen molar-refractivity contribution in [2.45, 2.75) is 56.7 Å². The first-order chi connectivity index (χ1) is 23.5. The molecule has 3 aliphatic carbocycles. The molecule has 0 N–H and O–H groups in total. The minimum atomic E-state index is -4.89. The molecule has 0 fully saturated rings. The van der Waals surface area contributed by atoms with Crippen LogP contribution in [0.5, 0.6) is 0 Å². The molecule has 0 atom stereocenters. The summed E-state index contributed by atoms with van der Waals surface area (Å²) in [5.41, 5.74) is 6.97. The van der Waals surface area contributed by atoms with E-state index in [0.717, 1.165) is 44.5 Å². The molecule has 0 aliphatic heterocycles. The fourth-order valence-corrected chi connectivity index (χ4v) is 7.90. The summed E-state index contributed by atoms with van der Waals surface area (Å²) in [6.45, 7) is 2.55. The molecule has 0 radical (unpaired) electrons. The summed E-state index contributed by atoms with van der Waals surface area (Å²) in [7, 11) is 0. The minimum Gasteiger partial charge on any atom is -0.292 e. The summed E-state index contributed by atoms with van der Waals surface area (Å²) in [6, 6.07) is 32.5.